The molecule has 0 saturated heterocycles. The number of Topliss-reactive ketones (excluding diaryl/α,β-unsaturated/α-hetero) is 1. The highest BCUT2D eigenvalue weighted by Crippen LogP contribution is 2.24. The predicted octanol–water partition coefficient (Wildman–Crippen LogP) is 5.32. The Morgan fingerprint density at radius 3 is 2.47 bits per heavy atom. The van der Waals surface area contributed by atoms with Gasteiger partial charge in [0.05, 0.1) is 14.5 Å². The maximum atomic E-state index is 13.1. The number of carbonyl (C=O) groups is 1. The van der Waals surface area contributed by atoms with Crippen molar-refractivity contribution in [2.75, 3.05) is 0 Å². The van der Waals surface area contributed by atoms with Gasteiger partial charge in [-0.15, -0.1) is 0 Å². The largest absolute Gasteiger partial charge is 0.294 e. The minimum Gasteiger partial charge on any atom is -0.294 e. The van der Waals surface area contributed by atoms with Crippen molar-refractivity contribution in [1.29, 1.82) is 0 Å². The number of hydrogen-bond donors (Lipinski definition) is 0. The van der Waals surface area contributed by atoms with Crippen LogP contribution in [0.5, 0.6) is 0 Å². The molecule has 0 unspecified atom stereocenters. The van der Waals surface area contributed by atoms with Crippen molar-refractivity contribution in [3.8, 4) is 0 Å². The molecule has 0 bridgehead atoms. The van der Waals surface area contributed by atoms with E-state index in [0.717, 1.165) is 5.56 Å². The van der Waals surface area contributed by atoms with Gasteiger partial charge in [0.15, 0.2) is 5.78 Å². The van der Waals surface area contributed by atoms with Gasteiger partial charge in [-0.1, -0.05) is 29.3 Å². The van der Waals surface area contributed by atoms with E-state index in [4.69, 9.17) is 23.2 Å². The zero-order valence-electron chi connectivity index (χ0n) is 9.59. The fraction of sp³-hybridized carbons (Fsp3) is 0.0714. The second kappa shape index (κ2) is 6.04. The molecule has 0 aliphatic carbocycles. The molecule has 0 radical (unpaired) electrons. The highest BCUT2D eigenvalue weighted by molar-refractivity contribution is 9.10. The lowest BCUT2D eigenvalue weighted by Crippen LogP contribution is -2.03. The number of halogens is 4. The van der Waals surface area contributed by atoms with Crippen molar-refractivity contribution in [1.82, 2.24) is 0 Å². The summed E-state index contributed by atoms with van der Waals surface area (Å²) in [7, 11) is 0. The zero-order chi connectivity index (χ0) is 14.0. The normalized spacial score (nSPS) is 10.5. The lowest BCUT2D eigenvalue weighted by molar-refractivity contribution is 0.0993. The van der Waals surface area contributed by atoms with E-state index in [2.05, 4.69) is 15.9 Å². The van der Waals surface area contributed by atoms with Gasteiger partial charge in [-0.05, 0) is 51.8 Å². The minimum absolute atomic E-state index is 0.0999. The van der Waals surface area contributed by atoms with Crippen LogP contribution < -0.4 is 0 Å². The fourth-order valence-corrected chi connectivity index (χ4v) is 2.33. The standard InChI is InChI=1S/C14H8BrCl2FO/c15-10-5-8(1-4-13(10)18)6-14(19)9-2-3-11(16)12(17)7-9/h1-5,7H,6H2. The summed E-state index contributed by atoms with van der Waals surface area (Å²) in [6.45, 7) is 0. The maximum Gasteiger partial charge on any atom is 0.167 e. The summed E-state index contributed by atoms with van der Waals surface area (Å²) < 4.78 is 13.4. The molecule has 5 heteroatoms. The highest BCUT2D eigenvalue weighted by Gasteiger charge is 2.10. The molecule has 98 valence electrons. The Hall–Kier alpha value is -0.900. The molecule has 0 aliphatic heterocycles. The average Bonchev–Trinajstić information content (AvgIpc) is 2.37. The smallest absolute Gasteiger partial charge is 0.167 e. The fourth-order valence-electron chi connectivity index (χ4n) is 1.61. The number of ketones is 1. The summed E-state index contributed by atoms with van der Waals surface area (Å²) in [6.07, 6.45) is 0.177. The highest BCUT2D eigenvalue weighted by atomic mass is 79.9. The number of rotatable bonds is 3. The zero-order valence-corrected chi connectivity index (χ0v) is 12.7. The topological polar surface area (TPSA) is 17.1 Å². The number of benzene rings is 2. The monoisotopic (exact) mass is 360 g/mol. The van der Waals surface area contributed by atoms with E-state index in [-0.39, 0.29) is 18.0 Å². The van der Waals surface area contributed by atoms with Crippen molar-refractivity contribution in [3.63, 3.8) is 0 Å². The number of hydrogen-bond acceptors (Lipinski definition) is 1. The summed E-state index contributed by atoms with van der Waals surface area (Å²) in [5.41, 5.74) is 1.21. The molecule has 2 aromatic rings. The van der Waals surface area contributed by atoms with Crippen LogP contribution in [-0.2, 0) is 6.42 Å². The van der Waals surface area contributed by atoms with Gasteiger partial charge in [0.1, 0.15) is 5.82 Å². The van der Waals surface area contributed by atoms with E-state index >= 15 is 0 Å². The van der Waals surface area contributed by atoms with Crippen molar-refractivity contribution in [2.45, 2.75) is 6.42 Å². The van der Waals surface area contributed by atoms with Crippen LogP contribution in [0.4, 0.5) is 4.39 Å². The molecule has 0 amide bonds. The van der Waals surface area contributed by atoms with Crippen LogP contribution in [0.3, 0.4) is 0 Å². The van der Waals surface area contributed by atoms with Gasteiger partial charge in [0, 0.05) is 12.0 Å². The summed E-state index contributed by atoms with van der Waals surface area (Å²) in [6, 6.07) is 9.22. The van der Waals surface area contributed by atoms with Crippen LogP contribution in [-0.4, -0.2) is 5.78 Å². The molecule has 0 aromatic heterocycles. The number of carbonyl (C=O) groups excluding carboxylic acids is 1. The van der Waals surface area contributed by atoms with Gasteiger partial charge in [-0.2, -0.15) is 0 Å². The molecule has 0 aliphatic rings. The molecule has 0 fully saturated rings. The van der Waals surface area contributed by atoms with Crippen LogP contribution in [0.25, 0.3) is 0 Å². The first-order chi connectivity index (χ1) is 8.97. The maximum absolute atomic E-state index is 13.1. The van der Waals surface area contributed by atoms with Crippen molar-refractivity contribution < 1.29 is 9.18 Å². The van der Waals surface area contributed by atoms with E-state index in [1.165, 1.54) is 12.1 Å². The minimum atomic E-state index is -0.356. The Labute approximate surface area is 128 Å². The third-order valence-corrected chi connectivity index (χ3v) is 3.94. The van der Waals surface area contributed by atoms with E-state index < -0.39 is 0 Å². The van der Waals surface area contributed by atoms with Gasteiger partial charge in [0.25, 0.3) is 0 Å². The first kappa shape index (κ1) is 14.5. The van der Waals surface area contributed by atoms with Crippen molar-refractivity contribution in [2.24, 2.45) is 0 Å². The molecule has 2 rings (SSSR count). The van der Waals surface area contributed by atoms with E-state index in [0.29, 0.717) is 20.1 Å². The van der Waals surface area contributed by atoms with E-state index in [1.807, 2.05) is 0 Å². The Morgan fingerprint density at radius 1 is 1.11 bits per heavy atom. The van der Waals surface area contributed by atoms with Crippen LogP contribution in [0, 0.1) is 5.82 Å². The van der Waals surface area contributed by atoms with Crippen molar-refractivity contribution >= 4 is 44.9 Å². The molecule has 0 spiro atoms. The Kier molecular flexibility index (Phi) is 4.61. The third kappa shape index (κ3) is 3.56. The molecule has 1 nitrogen and oxygen atoms in total. The lowest BCUT2D eigenvalue weighted by atomic mass is 10.0. The van der Waals surface area contributed by atoms with Crippen LogP contribution >= 0.6 is 39.1 Å². The van der Waals surface area contributed by atoms with Gasteiger partial charge in [0.2, 0.25) is 0 Å². The second-order valence-electron chi connectivity index (χ2n) is 3.98. The van der Waals surface area contributed by atoms with Crippen LogP contribution in [0.2, 0.25) is 10.0 Å². The van der Waals surface area contributed by atoms with Crippen LogP contribution in [0.1, 0.15) is 15.9 Å². The molecule has 0 atom stereocenters. The SMILES string of the molecule is O=C(Cc1ccc(F)c(Br)c1)c1ccc(Cl)c(Cl)c1. The molecule has 2 aromatic carbocycles. The Morgan fingerprint density at radius 2 is 1.84 bits per heavy atom. The summed E-state index contributed by atoms with van der Waals surface area (Å²) in [5, 5.41) is 0.746. The summed E-state index contributed by atoms with van der Waals surface area (Å²) in [5.74, 6) is -0.456. The lowest BCUT2D eigenvalue weighted by Gasteiger charge is -2.04. The van der Waals surface area contributed by atoms with Gasteiger partial charge < -0.3 is 0 Å². The van der Waals surface area contributed by atoms with Crippen LogP contribution in [0.15, 0.2) is 40.9 Å². The Bertz CT molecular complexity index is 643. The average molecular weight is 362 g/mol. The molecular formula is C14H8BrCl2FO. The van der Waals surface area contributed by atoms with Crippen molar-refractivity contribution in [3.05, 3.63) is 67.9 Å². The molecular weight excluding hydrogens is 354 g/mol. The molecule has 0 heterocycles. The molecule has 0 N–H and O–H groups in total. The van der Waals surface area contributed by atoms with Gasteiger partial charge in [-0.25, -0.2) is 4.39 Å². The van der Waals surface area contributed by atoms with E-state index in [9.17, 15) is 9.18 Å². The van der Waals surface area contributed by atoms with E-state index in [1.54, 1.807) is 24.3 Å². The van der Waals surface area contributed by atoms with Gasteiger partial charge in [-0.3, -0.25) is 4.79 Å². The first-order valence-electron chi connectivity index (χ1n) is 5.39. The first-order valence-corrected chi connectivity index (χ1v) is 6.94. The Balaban J connectivity index is 2.20. The third-order valence-electron chi connectivity index (χ3n) is 2.59. The second-order valence-corrected chi connectivity index (χ2v) is 5.65. The predicted molar refractivity (Wildman–Crippen MR) is 78.6 cm³/mol. The summed E-state index contributed by atoms with van der Waals surface area (Å²) >= 11 is 14.7. The molecule has 19 heavy (non-hydrogen) atoms. The quantitative estimate of drug-likeness (QED) is 0.676. The van der Waals surface area contributed by atoms with Gasteiger partial charge >= 0.3 is 0 Å². The summed E-state index contributed by atoms with van der Waals surface area (Å²) in [4.78, 5) is 12.1. The molecule has 0 saturated carbocycles.